The van der Waals surface area contributed by atoms with Crippen molar-refractivity contribution in [2.24, 2.45) is 0 Å². The smallest absolute Gasteiger partial charge is 0.253 e. The van der Waals surface area contributed by atoms with Gasteiger partial charge in [0.05, 0.1) is 9.90 Å². The zero-order valence-corrected chi connectivity index (χ0v) is 11.8. The van der Waals surface area contributed by atoms with Crippen molar-refractivity contribution in [3.63, 3.8) is 0 Å². The average Bonchev–Trinajstić information content (AvgIpc) is 2.54. The molecule has 1 unspecified atom stereocenters. The first-order valence-electron chi connectivity index (χ1n) is 4.86. The maximum Gasteiger partial charge on any atom is 0.253 e. The molecule has 90 valence electrons. The average molecular weight is 301 g/mol. The molecule has 1 N–H and O–H groups in total. The minimum Gasteiger partial charge on any atom is -0.350 e. The van der Waals surface area contributed by atoms with E-state index in [9.17, 15) is 4.79 Å². The summed E-state index contributed by atoms with van der Waals surface area (Å²) < 4.78 is 0.940. The van der Waals surface area contributed by atoms with Crippen LogP contribution in [0.3, 0.4) is 0 Å². The van der Waals surface area contributed by atoms with E-state index < -0.39 is 0 Å². The number of hydrogen-bond acceptors (Lipinski definition) is 2. The molecule has 1 heterocycles. The Bertz CT molecular complexity index is 367. The third kappa shape index (κ3) is 4.13. The number of carbonyl (C=O) groups is 1. The van der Waals surface area contributed by atoms with Crippen LogP contribution < -0.4 is 5.32 Å². The van der Waals surface area contributed by atoms with Gasteiger partial charge in [0.15, 0.2) is 0 Å². The number of halogens is 3. The quantitative estimate of drug-likeness (QED) is 0.812. The fraction of sp³-hybridized carbons (Fsp3) is 0.500. The van der Waals surface area contributed by atoms with Crippen LogP contribution in [0.25, 0.3) is 0 Å². The van der Waals surface area contributed by atoms with E-state index in [1.807, 2.05) is 6.92 Å². The van der Waals surface area contributed by atoms with Gasteiger partial charge in [0.1, 0.15) is 4.34 Å². The van der Waals surface area contributed by atoms with Crippen LogP contribution in [0.5, 0.6) is 0 Å². The minimum atomic E-state index is -0.185. The van der Waals surface area contributed by atoms with Gasteiger partial charge in [0.2, 0.25) is 0 Å². The summed E-state index contributed by atoms with van der Waals surface area (Å²) in [5.74, 6) is 0.417. The van der Waals surface area contributed by atoms with E-state index in [4.69, 9.17) is 34.8 Å². The van der Waals surface area contributed by atoms with Gasteiger partial charge in [0, 0.05) is 11.9 Å². The molecule has 6 heteroatoms. The van der Waals surface area contributed by atoms with E-state index in [2.05, 4.69) is 5.32 Å². The Balaban J connectivity index is 2.55. The van der Waals surface area contributed by atoms with Crippen molar-refractivity contribution in [3.8, 4) is 0 Å². The van der Waals surface area contributed by atoms with Crippen LogP contribution >= 0.6 is 46.1 Å². The van der Waals surface area contributed by atoms with Crippen molar-refractivity contribution in [2.75, 3.05) is 5.88 Å². The number of alkyl halides is 1. The fourth-order valence-electron chi connectivity index (χ4n) is 1.25. The summed E-state index contributed by atoms with van der Waals surface area (Å²) in [6.07, 6.45) is 1.73. The van der Waals surface area contributed by atoms with Crippen LogP contribution in [0, 0.1) is 0 Å². The van der Waals surface area contributed by atoms with E-state index in [0.29, 0.717) is 20.1 Å². The van der Waals surface area contributed by atoms with E-state index >= 15 is 0 Å². The van der Waals surface area contributed by atoms with Gasteiger partial charge in [-0.3, -0.25) is 4.79 Å². The molecule has 1 atom stereocenters. The Hall–Kier alpha value is 0.0400. The molecule has 0 bridgehead atoms. The van der Waals surface area contributed by atoms with Crippen molar-refractivity contribution < 1.29 is 4.79 Å². The lowest BCUT2D eigenvalue weighted by atomic mass is 10.2. The highest BCUT2D eigenvalue weighted by Gasteiger charge is 2.15. The molecule has 1 aromatic rings. The Morgan fingerprint density at radius 2 is 2.25 bits per heavy atom. The van der Waals surface area contributed by atoms with Gasteiger partial charge < -0.3 is 5.32 Å². The first-order chi connectivity index (χ1) is 7.54. The van der Waals surface area contributed by atoms with Crippen molar-refractivity contribution >= 4 is 52.0 Å². The van der Waals surface area contributed by atoms with Crippen molar-refractivity contribution in [1.29, 1.82) is 0 Å². The summed E-state index contributed by atoms with van der Waals surface area (Å²) >= 11 is 18.4. The molecule has 1 amide bonds. The van der Waals surface area contributed by atoms with Gasteiger partial charge in [-0.05, 0) is 25.8 Å². The molecule has 0 radical (unpaired) electrons. The van der Waals surface area contributed by atoms with Crippen LogP contribution in [0.2, 0.25) is 8.67 Å². The van der Waals surface area contributed by atoms with Gasteiger partial charge in [0.25, 0.3) is 5.91 Å². The van der Waals surface area contributed by atoms with Crippen LogP contribution in [0.1, 0.15) is 30.1 Å². The zero-order chi connectivity index (χ0) is 12.1. The molecule has 0 aliphatic carbocycles. The molecule has 0 saturated carbocycles. The zero-order valence-electron chi connectivity index (χ0n) is 8.73. The van der Waals surface area contributed by atoms with Gasteiger partial charge in [-0.1, -0.05) is 23.2 Å². The van der Waals surface area contributed by atoms with Gasteiger partial charge in [-0.2, -0.15) is 0 Å². The molecular weight excluding hydrogens is 289 g/mol. The van der Waals surface area contributed by atoms with Crippen LogP contribution in [0.15, 0.2) is 6.07 Å². The SMILES string of the molecule is CC(CCCCl)NC(=O)c1cc(Cl)sc1Cl. The molecular formula is C10H12Cl3NOS. The maximum atomic E-state index is 11.8. The third-order valence-electron chi connectivity index (χ3n) is 2.05. The summed E-state index contributed by atoms with van der Waals surface area (Å²) in [5.41, 5.74) is 0.439. The largest absolute Gasteiger partial charge is 0.350 e. The van der Waals surface area contributed by atoms with E-state index in [1.54, 1.807) is 6.07 Å². The maximum absolute atomic E-state index is 11.8. The highest BCUT2D eigenvalue weighted by Crippen LogP contribution is 2.31. The fourth-order valence-corrected chi connectivity index (χ4v) is 2.86. The number of thiophene rings is 1. The first-order valence-corrected chi connectivity index (χ1v) is 6.97. The van der Waals surface area contributed by atoms with Crippen molar-refractivity contribution in [3.05, 3.63) is 20.3 Å². The molecule has 2 nitrogen and oxygen atoms in total. The van der Waals surface area contributed by atoms with E-state index in [0.717, 1.165) is 12.8 Å². The number of amides is 1. The Labute approximate surface area is 114 Å². The molecule has 0 aliphatic heterocycles. The number of hydrogen-bond donors (Lipinski definition) is 1. The summed E-state index contributed by atoms with van der Waals surface area (Å²) in [6, 6.07) is 1.67. The van der Waals surface area contributed by atoms with E-state index in [-0.39, 0.29) is 11.9 Å². The topological polar surface area (TPSA) is 29.1 Å². The summed E-state index contributed by atoms with van der Waals surface area (Å²) in [6.45, 7) is 1.94. The first kappa shape index (κ1) is 14.1. The van der Waals surface area contributed by atoms with E-state index in [1.165, 1.54) is 11.3 Å². The minimum absolute atomic E-state index is 0.0843. The Kier molecular flexibility index (Phi) is 5.90. The van der Waals surface area contributed by atoms with Crippen molar-refractivity contribution in [1.82, 2.24) is 5.32 Å². The molecule has 0 spiro atoms. The summed E-state index contributed by atoms with van der Waals surface area (Å²) in [5, 5.41) is 2.85. The Morgan fingerprint density at radius 3 is 2.75 bits per heavy atom. The molecule has 16 heavy (non-hydrogen) atoms. The second-order valence-corrected chi connectivity index (χ2v) is 6.11. The van der Waals surface area contributed by atoms with Crippen LogP contribution in [-0.4, -0.2) is 17.8 Å². The molecule has 1 aromatic heterocycles. The molecule has 0 fully saturated rings. The van der Waals surface area contributed by atoms with Crippen molar-refractivity contribution in [2.45, 2.75) is 25.8 Å². The molecule has 0 aliphatic rings. The monoisotopic (exact) mass is 299 g/mol. The second kappa shape index (κ2) is 6.70. The second-order valence-electron chi connectivity index (χ2n) is 3.44. The highest BCUT2D eigenvalue weighted by atomic mass is 35.5. The van der Waals surface area contributed by atoms with Gasteiger partial charge in [-0.25, -0.2) is 0 Å². The standard InChI is InChI=1S/C10H12Cl3NOS/c1-6(3-2-4-11)14-10(15)7-5-8(12)16-9(7)13/h5-6H,2-4H2,1H3,(H,14,15). The van der Waals surface area contributed by atoms with Crippen LogP contribution in [-0.2, 0) is 0 Å². The van der Waals surface area contributed by atoms with Gasteiger partial charge in [-0.15, -0.1) is 22.9 Å². The molecule has 0 saturated heterocycles. The molecule has 0 aromatic carbocycles. The van der Waals surface area contributed by atoms with Crippen LogP contribution in [0.4, 0.5) is 0 Å². The predicted molar refractivity (Wildman–Crippen MR) is 71.2 cm³/mol. The lowest BCUT2D eigenvalue weighted by Gasteiger charge is -2.12. The lowest BCUT2D eigenvalue weighted by Crippen LogP contribution is -2.32. The summed E-state index contributed by atoms with van der Waals surface area (Å²) in [4.78, 5) is 11.8. The predicted octanol–water partition coefficient (Wildman–Crippen LogP) is 4.19. The summed E-state index contributed by atoms with van der Waals surface area (Å²) in [7, 11) is 0. The molecule has 1 rings (SSSR count). The number of rotatable bonds is 5. The number of carbonyl (C=O) groups excluding carboxylic acids is 1. The lowest BCUT2D eigenvalue weighted by molar-refractivity contribution is 0.0939. The highest BCUT2D eigenvalue weighted by molar-refractivity contribution is 7.20. The normalized spacial score (nSPS) is 12.5. The third-order valence-corrected chi connectivity index (χ3v) is 3.80. The Morgan fingerprint density at radius 1 is 1.56 bits per heavy atom. The number of nitrogens with one attached hydrogen (secondary N) is 1. The van der Waals surface area contributed by atoms with Gasteiger partial charge >= 0.3 is 0 Å².